The number of anilines is 1. The molecule has 0 radical (unpaired) electrons. The Morgan fingerprint density at radius 2 is 1.97 bits per heavy atom. The van der Waals surface area contributed by atoms with Crippen molar-refractivity contribution < 1.29 is 22.9 Å². The van der Waals surface area contributed by atoms with E-state index >= 15 is 0 Å². The van der Waals surface area contributed by atoms with Crippen LogP contribution in [0.25, 0.3) is 0 Å². The van der Waals surface area contributed by atoms with Gasteiger partial charge in [-0.25, -0.2) is 8.42 Å². The van der Waals surface area contributed by atoms with Crippen molar-refractivity contribution in [1.82, 2.24) is 4.31 Å². The number of amides is 1. The second-order valence-corrected chi connectivity index (χ2v) is 8.61. The number of hydrogen-bond acceptors (Lipinski definition) is 6. The van der Waals surface area contributed by atoms with Gasteiger partial charge >= 0.3 is 0 Å². The van der Waals surface area contributed by atoms with E-state index in [1.165, 1.54) is 41.7 Å². The molecule has 1 N–H and O–H groups in total. The maximum atomic E-state index is 12.9. The number of rotatable bonds is 6. The molecule has 1 saturated heterocycles. The van der Waals surface area contributed by atoms with Crippen molar-refractivity contribution in [3.8, 4) is 5.75 Å². The average Bonchev–Trinajstić information content (AvgIpc) is 2.74. The second kappa shape index (κ2) is 8.58. The third kappa shape index (κ3) is 4.72. The Hall–Kier alpha value is -2.98. The first-order valence-corrected chi connectivity index (χ1v) is 10.4. The monoisotopic (exact) mass is 419 g/mol. The van der Waals surface area contributed by atoms with Crippen LogP contribution in [0.1, 0.15) is 12.8 Å². The molecule has 1 aliphatic heterocycles. The maximum Gasteiger partial charge on any atom is 0.271 e. The first-order valence-electron chi connectivity index (χ1n) is 9.01. The fraction of sp³-hybridized carbons (Fsp3) is 0.316. The molecule has 2 aromatic carbocycles. The minimum atomic E-state index is -3.74. The van der Waals surface area contributed by atoms with E-state index in [0.29, 0.717) is 30.8 Å². The number of ether oxygens (including phenoxy) is 1. The number of hydrogen-bond donors (Lipinski definition) is 1. The van der Waals surface area contributed by atoms with Gasteiger partial charge in [0.2, 0.25) is 15.9 Å². The molecule has 2 aromatic rings. The molecule has 29 heavy (non-hydrogen) atoms. The summed E-state index contributed by atoms with van der Waals surface area (Å²) in [7, 11) is -2.24. The Bertz CT molecular complexity index is 1010. The summed E-state index contributed by atoms with van der Waals surface area (Å²) in [6.45, 7) is 0.379. The summed E-state index contributed by atoms with van der Waals surface area (Å²) in [5.41, 5.74) is 0.175. The Kier molecular flexibility index (Phi) is 6.14. The molecular weight excluding hydrogens is 398 g/mol. The van der Waals surface area contributed by atoms with E-state index in [2.05, 4.69) is 5.32 Å². The number of benzene rings is 2. The predicted molar refractivity (Wildman–Crippen MR) is 106 cm³/mol. The van der Waals surface area contributed by atoms with E-state index in [-0.39, 0.29) is 23.0 Å². The van der Waals surface area contributed by atoms with Crippen molar-refractivity contribution in [2.45, 2.75) is 17.7 Å². The lowest BCUT2D eigenvalue weighted by molar-refractivity contribution is -0.384. The highest BCUT2D eigenvalue weighted by Gasteiger charge is 2.33. The normalized spacial score (nSPS) is 17.5. The Balaban J connectivity index is 1.71. The molecule has 1 aliphatic rings. The summed E-state index contributed by atoms with van der Waals surface area (Å²) in [6, 6.07) is 11.7. The smallest absolute Gasteiger partial charge is 0.271 e. The summed E-state index contributed by atoms with van der Waals surface area (Å²) in [5.74, 6) is -0.354. The first kappa shape index (κ1) is 20.7. The molecule has 0 aliphatic carbocycles. The Morgan fingerprint density at radius 3 is 2.62 bits per heavy atom. The maximum absolute atomic E-state index is 12.9. The van der Waals surface area contributed by atoms with Crippen LogP contribution in [-0.2, 0) is 14.8 Å². The van der Waals surface area contributed by atoms with E-state index in [1.54, 1.807) is 18.2 Å². The SMILES string of the molecule is COc1ccc(S(=O)(=O)N2CCC[C@H](C(=O)Nc3cccc([N+](=O)[O-])c3)C2)cc1. The molecule has 154 valence electrons. The zero-order chi connectivity index (χ0) is 21.0. The van der Waals surface area contributed by atoms with Gasteiger partial charge in [-0.05, 0) is 43.2 Å². The molecule has 1 heterocycles. The number of nitro benzene ring substituents is 1. The van der Waals surface area contributed by atoms with Gasteiger partial charge in [0, 0.05) is 30.9 Å². The number of methoxy groups -OCH3 is 1. The van der Waals surface area contributed by atoms with Gasteiger partial charge in [0.1, 0.15) is 5.75 Å². The zero-order valence-corrected chi connectivity index (χ0v) is 16.6. The highest BCUT2D eigenvalue weighted by atomic mass is 32.2. The number of nitrogens with zero attached hydrogens (tertiary/aromatic N) is 2. The van der Waals surface area contributed by atoms with E-state index in [9.17, 15) is 23.3 Å². The number of piperidine rings is 1. The number of non-ortho nitro benzene ring substituents is 1. The van der Waals surface area contributed by atoms with E-state index in [1.807, 2.05) is 0 Å². The topological polar surface area (TPSA) is 119 Å². The Labute approximate surface area is 168 Å². The van der Waals surface area contributed by atoms with E-state index in [0.717, 1.165) is 0 Å². The van der Waals surface area contributed by atoms with Crippen molar-refractivity contribution >= 4 is 27.3 Å². The van der Waals surface area contributed by atoms with Crippen LogP contribution < -0.4 is 10.1 Å². The minimum Gasteiger partial charge on any atom is -0.497 e. The molecule has 0 bridgehead atoms. The predicted octanol–water partition coefficient (Wildman–Crippen LogP) is 2.64. The van der Waals surface area contributed by atoms with Crippen molar-refractivity contribution in [2.75, 3.05) is 25.5 Å². The van der Waals surface area contributed by atoms with Crippen LogP contribution in [0.15, 0.2) is 53.4 Å². The summed E-state index contributed by atoms with van der Waals surface area (Å²) >= 11 is 0. The standard InChI is InChI=1S/C19H21N3O6S/c1-28-17-7-9-18(10-8-17)29(26,27)21-11-3-4-14(13-21)19(23)20-15-5-2-6-16(12-15)22(24)25/h2,5-10,12,14H,3-4,11,13H2,1H3,(H,20,23)/t14-/m0/s1. The van der Waals surface area contributed by atoms with Crippen LogP contribution in [0.3, 0.4) is 0 Å². The lowest BCUT2D eigenvalue weighted by atomic mass is 9.98. The molecular formula is C19H21N3O6S. The molecule has 0 aromatic heterocycles. The molecule has 9 nitrogen and oxygen atoms in total. The number of nitrogens with one attached hydrogen (secondary N) is 1. The molecule has 3 rings (SSSR count). The Morgan fingerprint density at radius 1 is 1.24 bits per heavy atom. The van der Waals surface area contributed by atoms with Gasteiger partial charge in [-0.15, -0.1) is 0 Å². The molecule has 1 amide bonds. The third-order valence-electron chi connectivity index (χ3n) is 4.78. The van der Waals surface area contributed by atoms with Crippen LogP contribution in [0.5, 0.6) is 5.75 Å². The highest BCUT2D eigenvalue weighted by molar-refractivity contribution is 7.89. The number of carbonyl (C=O) groups excluding carboxylic acids is 1. The largest absolute Gasteiger partial charge is 0.497 e. The fourth-order valence-corrected chi connectivity index (χ4v) is 4.74. The second-order valence-electron chi connectivity index (χ2n) is 6.67. The van der Waals surface area contributed by atoms with Crippen molar-refractivity contribution in [1.29, 1.82) is 0 Å². The summed E-state index contributed by atoms with van der Waals surface area (Å²) in [5, 5.41) is 13.5. The lowest BCUT2D eigenvalue weighted by Crippen LogP contribution is -2.43. The zero-order valence-electron chi connectivity index (χ0n) is 15.8. The lowest BCUT2D eigenvalue weighted by Gasteiger charge is -2.31. The molecule has 0 spiro atoms. The minimum absolute atomic E-state index is 0.0507. The van der Waals surface area contributed by atoms with Gasteiger partial charge in [0.15, 0.2) is 0 Å². The van der Waals surface area contributed by atoms with Gasteiger partial charge in [0.05, 0.1) is 22.8 Å². The van der Waals surface area contributed by atoms with Gasteiger partial charge in [0.25, 0.3) is 5.69 Å². The van der Waals surface area contributed by atoms with Crippen LogP contribution in [0, 0.1) is 16.0 Å². The molecule has 1 fully saturated rings. The highest BCUT2D eigenvalue weighted by Crippen LogP contribution is 2.26. The molecule has 10 heteroatoms. The molecule has 0 unspecified atom stereocenters. The van der Waals surface area contributed by atoms with Crippen molar-refractivity contribution in [3.63, 3.8) is 0 Å². The van der Waals surface area contributed by atoms with Gasteiger partial charge in [-0.3, -0.25) is 14.9 Å². The summed E-state index contributed by atoms with van der Waals surface area (Å²) in [4.78, 5) is 23.1. The van der Waals surface area contributed by atoms with Gasteiger partial charge in [-0.1, -0.05) is 6.07 Å². The van der Waals surface area contributed by atoms with Crippen LogP contribution >= 0.6 is 0 Å². The molecule has 0 saturated carbocycles. The number of carbonyl (C=O) groups is 1. The summed E-state index contributed by atoms with van der Waals surface area (Å²) in [6.07, 6.45) is 1.08. The average molecular weight is 419 g/mol. The number of sulfonamides is 1. The number of nitro groups is 1. The van der Waals surface area contributed by atoms with Crippen molar-refractivity contribution in [2.24, 2.45) is 5.92 Å². The van der Waals surface area contributed by atoms with Crippen LogP contribution in [0.4, 0.5) is 11.4 Å². The van der Waals surface area contributed by atoms with Gasteiger partial charge in [-0.2, -0.15) is 4.31 Å². The van der Waals surface area contributed by atoms with E-state index < -0.39 is 20.9 Å². The third-order valence-corrected chi connectivity index (χ3v) is 6.66. The van der Waals surface area contributed by atoms with Crippen LogP contribution in [0.2, 0.25) is 0 Å². The molecule has 1 atom stereocenters. The fourth-order valence-electron chi connectivity index (χ4n) is 3.21. The van der Waals surface area contributed by atoms with Crippen LogP contribution in [-0.4, -0.2) is 43.8 Å². The quantitative estimate of drug-likeness (QED) is 0.568. The van der Waals surface area contributed by atoms with Gasteiger partial charge < -0.3 is 10.1 Å². The van der Waals surface area contributed by atoms with E-state index in [4.69, 9.17) is 4.74 Å². The summed E-state index contributed by atoms with van der Waals surface area (Å²) < 4.78 is 32.2. The van der Waals surface area contributed by atoms with Crippen molar-refractivity contribution in [3.05, 3.63) is 58.6 Å². The first-order chi connectivity index (χ1) is 13.8.